The summed E-state index contributed by atoms with van der Waals surface area (Å²) in [5.74, 6) is 1.00. The van der Waals surface area contributed by atoms with Crippen molar-refractivity contribution in [2.45, 2.75) is 70.8 Å². The van der Waals surface area contributed by atoms with Crippen molar-refractivity contribution >= 4 is 11.5 Å². The quantitative estimate of drug-likeness (QED) is 0.371. The molecule has 25 heavy (non-hydrogen) atoms. The molecule has 0 aliphatic heterocycles. The molecule has 0 saturated heterocycles. The molecule has 2 saturated carbocycles. The first-order valence-corrected chi connectivity index (χ1v) is 9.59. The van der Waals surface area contributed by atoms with Gasteiger partial charge in [0.15, 0.2) is 5.78 Å². The van der Waals surface area contributed by atoms with Crippen molar-refractivity contribution in [1.29, 1.82) is 5.26 Å². The van der Waals surface area contributed by atoms with E-state index in [4.69, 9.17) is 10.1 Å². The minimum absolute atomic E-state index is 0.0476. The molecule has 5 heteroatoms. The number of aliphatic hydroxyl groups excluding tert-OH is 1. The molecule has 0 spiro atoms. The van der Waals surface area contributed by atoms with Gasteiger partial charge in [-0.3, -0.25) is 4.79 Å². The largest absolute Gasteiger partial charge is 0.396 e. The SMILES string of the molecule is CCCCCC(=O)C=C[C@@H]1[C@@H]2C/C(=N\OCCCC#N)C[C@H]2C[C@H]1O. The van der Waals surface area contributed by atoms with Crippen LogP contribution in [0.4, 0.5) is 0 Å². The zero-order chi connectivity index (χ0) is 18.1. The van der Waals surface area contributed by atoms with E-state index in [9.17, 15) is 9.90 Å². The minimum atomic E-state index is -0.354. The van der Waals surface area contributed by atoms with Gasteiger partial charge in [0, 0.05) is 18.8 Å². The Bertz CT molecular complexity index is 536. The van der Waals surface area contributed by atoms with Gasteiger partial charge in [0.25, 0.3) is 0 Å². The summed E-state index contributed by atoms with van der Waals surface area (Å²) < 4.78 is 0. The molecule has 0 unspecified atom stereocenters. The molecule has 1 N–H and O–H groups in total. The number of nitrogens with zero attached hydrogens (tertiary/aromatic N) is 2. The summed E-state index contributed by atoms with van der Waals surface area (Å²) in [7, 11) is 0. The van der Waals surface area contributed by atoms with Crippen LogP contribution < -0.4 is 0 Å². The normalized spacial score (nSPS) is 29.9. The molecule has 0 heterocycles. The maximum Gasteiger partial charge on any atom is 0.155 e. The maximum atomic E-state index is 11.9. The maximum absolute atomic E-state index is 11.9. The third-order valence-electron chi connectivity index (χ3n) is 5.31. The molecule has 2 rings (SSSR count). The smallest absolute Gasteiger partial charge is 0.155 e. The summed E-state index contributed by atoms with van der Waals surface area (Å²) in [6, 6.07) is 2.09. The molecule has 5 nitrogen and oxygen atoms in total. The summed E-state index contributed by atoms with van der Waals surface area (Å²) in [6.07, 6.45) is 10.7. The van der Waals surface area contributed by atoms with Gasteiger partial charge < -0.3 is 9.94 Å². The Hall–Kier alpha value is -1.67. The number of allylic oxidation sites excluding steroid dienone is 1. The van der Waals surface area contributed by atoms with Crippen LogP contribution in [0.3, 0.4) is 0 Å². The summed E-state index contributed by atoms with van der Waals surface area (Å²) in [4.78, 5) is 17.2. The lowest BCUT2D eigenvalue weighted by molar-refractivity contribution is -0.114. The fourth-order valence-corrected chi connectivity index (χ4v) is 3.99. The van der Waals surface area contributed by atoms with Crippen LogP contribution in [0.2, 0.25) is 0 Å². The number of carbonyl (C=O) groups excluding carboxylic acids is 1. The Kier molecular flexibility index (Phi) is 8.14. The number of oxime groups is 1. The van der Waals surface area contributed by atoms with E-state index >= 15 is 0 Å². The Morgan fingerprint density at radius 1 is 1.40 bits per heavy atom. The molecular weight excluding hydrogens is 316 g/mol. The first-order chi connectivity index (χ1) is 12.2. The topological polar surface area (TPSA) is 82.7 Å². The zero-order valence-electron chi connectivity index (χ0n) is 15.2. The highest BCUT2D eigenvalue weighted by Gasteiger charge is 2.46. The Balaban J connectivity index is 1.82. The molecular formula is C20H30N2O3. The molecule has 2 fully saturated rings. The second-order valence-electron chi connectivity index (χ2n) is 7.25. The molecule has 0 aromatic carbocycles. The van der Waals surface area contributed by atoms with Crippen LogP contribution in [0.1, 0.15) is 64.7 Å². The van der Waals surface area contributed by atoms with E-state index < -0.39 is 0 Å². The van der Waals surface area contributed by atoms with Crippen LogP contribution in [0.25, 0.3) is 0 Å². The van der Waals surface area contributed by atoms with Gasteiger partial charge in [-0.2, -0.15) is 5.26 Å². The second kappa shape index (κ2) is 10.4. The number of aliphatic hydroxyl groups is 1. The van der Waals surface area contributed by atoms with Crippen LogP contribution in [0, 0.1) is 29.1 Å². The highest BCUT2D eigenvalue weighted by Crippen LogP contribution is 2.47. The Morgan fingerprint density at radius 2 is 2.24 bits per heavy atom. The van der Waals surface area contributed by atoms with E-state index in [2.05, 4.69) is 18.1 Å². The molecule has 0 aromatic rings. The van der Waals surface area contributed by atoms with E-state index in [1.54, 1.807) is 6.08 Å². The number of rotatable bonds is 10. The number of hydrogen-bond acceptors (Lipinski definition) is 5. The van der Waals surface area contributed by atoms with Gasteiger partial charge in [0.05, 0.1) is 17.9 Å². The number of nitriles is 1. The van der Waals surface area contributed by atoms with E-state index in [1.165, 1.54) is 0 Å². The summed E-state index contributed by atoms with van der Waals surface area (Å²) in [5.41, 5.74) is 1.05. The average molecular weight is 346 g/mol. The fraction of sp³-hybridized carbons (Fsp3) is 0.750. The summed E-state index contributed by atoms with van der Waals surface area (Å²) >= 11 is 0. The minimum Gasteiger partial charge on any atom is -0.396 e. The first-order valence-electron chi connectivity index (χ1n) is 9.59. The third-order valence-corrected chi connectivity index (χ3v) is 5.31. The van der Waals surface area contributed by atoms with Crippen molar-refractivity contribution in [1.82, 2.24) is 0 Å². The van der Waals surface area contributed by atoms with Crippen molar-refractivity contribution in [3.63, 3.8) is 0 Å². The lowest BCUT2D eigenvalue weighted by Gasteiger charge is -2.16. The van der Waals surface area contributed by atoms with E-state index in [0.717, 1.165) is 44.2 Å². The van der Waals surface area contributed by atoms with Gasteiger partial charge in [0.2, 0.25) is 0 Å². The van der Waals surface area contributed by atoms with Crippen molar-refractivity contribution in [2.75, 3.05) is 6.61 Å². The van der Waals surface area contributed by atoms with Crippen molar-refractivity contribution in [3.05, 3.63) is 12.2 Å². The van der Waals surface area contributed by atoms with Crippen molar-refractivity contribution < 1.29 is 14.7 Å². The van der Waals surface area contributed by atoms with Crippen LogP contribution in [-0.4, -0.2) is 29.3 Å². The van der Waals surface area contributed by atoms with Gasteiger partial charge in [-0.25, -0.2) is 0 Å². The standard InChI is InChI=1S/C20H30N2O3/c1-2-3-4-7-17(23)8-9-18-19-14-16(12-15(19)13-20(18)24)22-25-11-6-5-10-21/h8-9,15,18-20,24H,2-7,11-14H2,1H3/b9-8?,22-16-/t15-,18+,19+,20+/m0/s1. The average Bonchev–Trinajstić information content (AvgIpc) is 3.09. The van der Waals surface area contributed by atoms with Crippen molar-refractivity contribution in [3.8, 4) is 6.07 Å². The highest BCUT2D eigenvalue weighted by molar-refractivity contribution is 5.89. The van der Waals surface area contributed by atoms with Crippen LogP contribution >= 0.6 is 0 Å². The summed E-state index contributed by atoms with van der Waals surface area (Å²) in [6.45, 7) is 2.60. The van der Waals surface area contributed by atoms with Gasteiger partial charge in [-0.15, -0.1) is 0 Å². The van der Waals surface area contributed by atoms with E-state index in [0.29, 0.717) is 37.7 Å². The van der Waals surface area contributed by atoms with Crippen LogP contribution in [0.15, 0.2) is 17.3 Å². The number of hydrogen-bond donors (Lipinski definition) is 1. The number of fused-ring (bicyclic) bond motifs is 1. The molecule has 0 aromatic heterocycles. The first kappa shape index (κ1) is 19.7. The fourth-order valence-electron chi connectivity index (χ4n) is 3.99. The number of carbonyl (C=O) groups is 1. The van der Waals surface area contributed by atoms with E-state index in [1.807, 2.05) is 6.08 Å². The Morgan fingerprint density at radius 3 is 3.00 bits per heavy atom. The molecule has 2 aliphatic carbocycles. The van der Waals surface area contributed by atoms with Crippen molar-refractivity contribution in [2.24, 2.45) is 22.9 Å². The van der Waals surface area contributed by atoms with Gasteiger partial charge in [-0.05, 0) is 50.0 Å². The monoisotopic (exact) mass is 346 g/mol. The molecule has 2 aliphatic rings. The Labute approximate surface area is 150 Å². The predicted molar refractivity (Wildman–Crippen MR) is 96.9 cm³/mol. The van der Waals surface area contributed by atoms with Gasteiger partial charge in [0.1, 0.15) is 6.61 Å². The highest BCUT2D eigenvalue weighted by atomic mass is 16.6. The van der Waals surface area contributed by atoms with Crippen LogP contribution in [0.5, 0.6) is 0 Å². The molecule has 0 amide bonds. The number of unbranched alkanes of at least 4 members (excludes halogenated alkanes) is 3. The predicted octanol–water partition coefficient (Wildman–Crippen LogP) is 3.78. The zero-order valence-corrected chi connectivity index (χ0v) is 15.2. The number of ketones is 1. The van der Waals surface area contributed by atoms with Gasteiger partial charge >= 0.3 is 0 Å². The van der Waals surface area contributed by atoms with Gasteiger partial charge in [-0.1, -0.05) is 31.0 Å². The summed E-state index contributed by atoms with van der Waals surface area (Å²) in [5, 5.41) is 23.0. The van der Waals surface area contributed by atoms with Crippen LogP contribution in [-0.2, 0) is 9.63 Å². The molecule has 4 atom stereocenters. The lowest BCUT2D eigenvalue weighted by atomic mass is 9.90. The molecule has 0 bridgehead atoms. The third kappa shape index (κ3) is 5.97. The second-order valence-corrected chi connectivity index (χ2v) is 7.25. The lowest BCUT2D eigenvalue weighted by Crippen LogP contribution is -2.18. The molecule has 138 valence electrons. The molecule has 0 radical (unpaired) electrons. The van der Waals surface area contributed by atoms with E-state index in [-0.39, 0.29) is 17.8 Å².